The van der Waals surface area contributed by atoms with Gasteiger partial charge in [-0.15, -0.1) is 0 Å². The topological polar surface area (TPSA) is 78.9 Å². The molecule has 0 aliphatic rings. The summed E-state index contributed by atoms with van der Waals surface area (Å²) in [5.41, 5.74) is 0. The number of esters is 3. The average molecular weight is 980 g/mol. The first-order valence-corrected chi connectivity index (χ1v) is 28.3. The second-order valence-corrected chi connectivity index (χ2v) is 18.0. The summed E-state index contributed by atoms with van der Waals surface area (Å²) in [6.45, 7) is 6.23. The zero-order valence-electron chi connectivity index (χ0n) is 45.4. The molecule has 0 saturated carbocycles. The van der Waals surface area contributed by atoms with Crippen LogP contribution in [-0.4, -0.2) is 37.2 Å². The summed E-state index contributed by atoms with van der Waals surface area (Å²) in [5.74, 6) is -0.989. The van der Waals surface area contributed by atoms with Crippen molar-refractivity contribution in [1.82, 2.24) is 0 Å². The molecule has 0 spiro atoms. The van der Waals surface area contributed by atoms with E-state index in [4.69, 9.17) is 14.2 Å². The first-order valence-electron chi connectivity index (χ1n) is 28.3. The van der Waals surface area contributed by atoms with Gasteiger partial charge >= 0.3 is 17.9 Å². The van der Waals surface area contributed by atoms with Crippen molar-refractivity contribution in [1.29, 1.82) is 0 Å². The fraction of sp³-hybridized carbons (Fsp3) is 0.585. The van der Waals surface area contributed by atoms with Crippen LogP contribution >= 0.6 is 0 Å². The molecule has 0 aromatic heterocycles. The molecule has 0 bridgehead atoms. The highest BCUT2D eigenvalue weighted by atomic mass is 16.6. The summed E-state index contributed by atoms with van der Waals surface area (Å²) in [5, 5.41) is 0. The van der Waals surface area contributed by atoms with Crippen LogP contribution in [-0.2, 0) is 28.6 Å². The van der Waals surface area contributed by atoms with E-state index >= 15 is 0 Å². The van der Waals surface area contributed by atoms with Crippen LogP contribution in [0.3, 0.4) is 0 Å². The lowest BCUT2D eigenvalue weighted by Gasteiger charge is -2.18. The highest BCUT2D eigenvalue weighted by molar-refractivity contribution is 5.71. The maximum absolute atomic E-state index is 12.8. The van der Waals surface area contributed by atoms with E-state index in [9.17, 15) is 14.4 Å². The van der Waals surface area contributed by atoms with Crippen LogP contribution in [0.1, 0.15) is 226 Å². The lowest BCUT2D eigenvalue weighted by Crippen LogP contribution is -2.30. The maximum atomic E-state index is 12.8. The van der Waals surface area contributed by atoms with Crippen LogP contribution in [0.4, 0.5) is 0 Å². The molecule has 0 rings (SSSR count). The number of carbonyl (C=O) groups is 3. The molecule has 0 aromatic carbocycles. The van der Waals surface area contributed by atoms with Gasteiger partial charge in [-0.05, 0) is 135 Å². The first-order chi connectivity index (χ1) is 35.0. The molecule has 398 valence electrons. The van der Waals surface area contributed by atoms with Gasteiger partial charge in [-0.25, -0.2) is 0 Å². The molecule has 0 saturated heterocycles. The highest BCUT2D eigenvalue weighted by Gasteiger charge is 2.19. The van der Waals surface area contributed by atoms with E-state index in [0.717, 1.165) is 154 Å². The molecule has 0 aliphatic carbocycles. The van der Waals surface area contributed by atoms with Gasteiger partial charge in [0.15, 0.2) is 6.10 Å². The molecule has 71 heavy (non-hydrogen) atoms. The number of hydrogen-bond acceptors (Lipinski definition) is 6. The molecule has 0 radical (unpaired) electrons. The van der Waals surface area contributed by atoms with Gasteiger partial charge in [0.25, 0.3) is 0 Å². The van der Waals surface area contributed by atoms with Gasteiger partial charge in [-0.2, -0.15) is 0 Å². The van der Waals surface area contributed by atoms with E-state index in [0.29, 0.717) is 19.3 Å². The van der Waals surface area contributed by atoms with Crippen LogP contribution in [0.2, 0.25) is 0 Å². The van der Waals surface area contributed by atoms with Crippen molar-refractivity contribution in [2.75, 3.05) is 13.2 Å². The van der Waals surface area contributed by atoms with Crippen molar-refractivity contribution in [2.45, 2.75) is 232 Å². The Morgan fingerprint density at radius 3 is 0.817 bits per heavy atom. The normalized spacial score (nSPS) is 13.2. The third kappa shape index (κ3) is 56.1. The third-order valence-corrected chi connectivity index (χ3v) is 11.3. The Labute approximate surface area is 436 Å². The van der Waals surface area contributed by atoms with Crippen LogP contribution in [0.25, 0.3) is 0 Å². The largest absolute Gasteiger partial charge is 0.462 e. The maximum Gasteiger partial charge on any atom is 0.306 e. The minimum Gasteiger partial charge on any atom is -0.462 e. The first kappa shape index (κ1) is 66.3. The fourth-order valence-electron chi connectivity index (χ4n) is 7.18. The van der Waals surface area contributed by atoms with Gasteiger partial charge in [0.1, 0.15) is 13.2 Å². The van der Waals surface area contributed by atoms with Crippen LogP contribution < -0.4 is 0 Å². The number of allylic oxidation sites excluding steroid dienone is 24. The quantitative estimate of drug-likeness (QED) is 0.0262. The van der Waals surface area contributed by atoms with E-state index < -0.39 is 6.10 Å². The molecule has 1 unspecified atom stereocenters. The Morgan fingerprint density at radius 1 is 0.282 bits per heavy atom. The molecular formula is C65H102O6. The zero-order valence-corrected chi connectivity index (χ0v) is 45.4. The summed E-state index contributed by atoms with van der Waals surface area (Å²) >= 11 is 0. The van der Waals surface area contributed by atoms with E-state index in [2.05, 4.69) is 167 Å². The van der Waals surface area contributed by atoms with E-state index in [1.54, 1.807) is 0 Å². The number of hydrogen-bond donors (Lipinski definition) is 0. The Balaban J connectivity index is 4.48. The van der Waals surface area contributed by atoms with Gasteiger partial charge in [-0.3, -0.25) is 14.4 Å². The van der Waals surface area contributed by atoms with Crippen molar-refractivity contribution in [3.63, 3.8) is 0 Å². The standard InChI is InChI=1S/C65H102O6/c1-4-7-10-13-16-19-22-25-28-29-30-31-32-33-34-35-38-40-43-46-49-52-55-58-64(67)70-61-62(71-65(68)59-56-53-50-47-44-41-37-27-24-21-18-15-12-9-6-3)60-69-63(66)57-54-51-48-45-42-39-36-26-23-20-17-14-11-8-5-2/h7-12,16-21,25-28,30-31,33-34,36-37,44,47,62H,4-6,13-15,22-24,29,32,35,38-43,45-46,48-61H2,1-3H3/b10-7-,11-8-,12-9-,19-16-,20-17-,21-18-,28-25-,31-30-,34-33-,36-26-,37-27-,47-44-. The zero-order chi connectivity index (χ0) is 51.4. The monoisotopic (exact) mass is 979 g/mol. The van der Waals surface area contributed by atoms with Crippen molar-refractivity contribution in [3.05, 3.63) is 146 Å². The number of ether oxygens (including phenoxy) is 3. The molecule has 1 atom stereocenters. The Kier molecular flexibility index (Phi) is 54.0. The number of unbranched alkanes of at least 4 members (excludes halogenated alkanes) is 14. The van der Waals surface area contributed by atoms with Gasteiger partial charge in [-0.1, -0.05) is 218 Å². The fourth-order valence-corrected chi connectivity index (χ4v) is 7.18. The molecule has 0 aliphatic heterocycles. The summed E-state index contributed by atoms with van der Waals surface area (Å²) in [6, 6.07) is 0. The lowest BCUT2D eigenvalue weighted by atomic mass is 10.1. The predicted molar refractivity (Wildman–Crippen MR) is 306 cm³/mol. The number of rotatable bonds is 49. The minimum absolute atomic E-state index is 0.112. The van der Waals surface area contributed by atoms with Crippen molar-refractivity contribution in [3.8, 4) is 0 Å². The smallest absolute Gasteiger partial charge is 0.306 e. The molecule has 0 aromatic rings. The molecule has 0 N–H and O–H groups in total. The van der Waals surface area contributed by atoms with E-state index in [1.165, 1.54) is 25.7 Å². The minimum atomic E-state index is -0.819. The predicted octanol–water partition coefficient (Wildman–Crippen LogP) is 19.2. The Hall–Kier alpha value is -4.71. The van der Waals surface area contributed by atoms with Gasteiger partial charge < -0.3 is 14.2 Å². The van der Waals surface area contributed by atoms with E-state index in [1.807, 2.05) is 0 Å². The lowest BCUT2D eigenvalue weighted by molar-refractivity contribution is -0.167. The summed E-state index contributed by atoms with van der Waals surface area (Å²) < 4.78 is 16.8. The second-order valence-electron chi connectivity index (χ2n) is 18.0. The van der Waals surface area contributed by atoms with Crippen molar-refractivity contribution >= 4 is 17.9 Å². The Morgan fingerprint density at radius 2 is 0.507 bits per heavy atom. The molecule has 0 fully saturated rings. The Bertz CT molecular complexity index is 1590. The summed E-state index contributed by atoms with van der Waals surface area (Å²) in [7, 11) is 0. The van der Waals surface area contributed by atoms with E-state index in [-0.39, 0.29) is 37.5 Å². The SMILES string of the molecule is CC/C=C\C/C=C\C/C=C\C/C=C\C/C=C\CCCCCCCCCC(=O)OCC(COC(=O)CCCCCCC/C=C\C/C=C\C/C=C\CC)OC(=O)CCCC/C=C\C/C=C\C/C=C\C/C=C\CC. The van der Waals surface area contributed by atoms with Gasteiger partial charge in [0.05, 0.1) is 0 Å². The van der Waals surface area contributed by atoms with Crippen LogP contribution in [0.5, 0.6) is 0 Å². The molecule has 6 heteroatoms. The van der Waals surface area contributed by atoms with Gasteiger partial charge in [0, 0.05) is 19.3 Å². The molecule has 0 heterocycles. The summed E-state index contributed by atoms with van der Waals surface area (Å²) in [6.07, 6.45) is 82.7. The van der Waals surface area contributed by atoms with Crippen molar-refractivity contribution < 1.29 is 28.6 Å². The van der Waals surface area contributed by atoms with Crippen LogP contribution in [0, 0.1) is 0 Å². The molecular weight excluding hydrogens is 877 g/mol. The van der Waals surface area contributed by atoms with Crippen molar-refractivity contribution in [2.24, 2.45) is 0 Å². The molecule has 6 nitrogen and oxygen atoms in total. The molecule has 0 amide bonds. The van der Waals surface area contributed by atoms with Crippen LogP contribution in [0.15, 0.2) is 146 Å². The second kappa shape index (κ2) is 57.9. The highest BCUT2D eigenvalue weighted by Crippen LogP contribution is 2.13. The summed E-state index contributed by atoms with van der Waals surface area (Å²) in [4.78, 5) is 38.1. The average Bonchev–Trinajstić information content (AvgIpc) is 3.37. The third-order valence-electron chi connectivity index (χ3n) is 11.3. The van der Waals surface area contributed by atoms with Gasteiger partial charge in [0.2, 0.25) is 0 Å². The number of carbonyl (C=O) groups excluding carboxylic acids is 3.